The Morgan fingerprint density at radius 2 is 1.76 bits per heavy atom. The number of hydrogen-bond acceptors (Lipinski definition) is 4. The number of piperidine rings is 1. The molecule has 0 aliphatic carbocycles. The third-order valence-electron chi connectivity index (χ3n) is 5.93. The van der Waals surface area contributed by atoms with Gasteiger partial charge in [0.1, 0.15) is 5.69 Å². The molecule has 8 heteroatoms. The van der Waals surface area contributed by atoms with Gasteiger partial charge in [-0.1, -0.05) is 42.3 Å². The highest BCUT2D eigenvalue weighted by atomic mass is 35.5. The molecule has 1 saturated heterocycles. The number of anilines is 1. The van der Waals surface area contributed by atoms with Crippen LogP contribution in [0.4, 0.5) is 5.69 Å². The van der Waals surface area contributed by atoms with Crippen molar-refractivity contribution in [2.75, 3.05) is 18.4 Å². The Kier molecular flexibility index (Phi) is 6.24. The van der Waals surface area contributed by atoms with Crippen molar-refractivity contribution in [2.24, 2.45) is 0 Å². The van der Waals surface area contributed by atoms with Crippen LogP contribution in [-0.4, -0.2) is 44.1 Å². The van der Waals surface area contributed by atoms with Gasteiger partial charge in [-0.15, -0.1) is 0 Å². The standard InChI is InChI=1S/C25H25ClN6O/c26-20-10-8-19(9-11-20)25(33)30-22-15-28-31-23(22)24-27-14-21(29-24)18-6-4-17(5-7-18)16-32-12-2-1-3-13-32/h4-11,14-15H,1-3,12-13,16H2,(H,27,29)(H,28,31)(H,30,33). The lowest BCUT2D eigenvalue weighted by Crippen LogP contribution is -2.28. The largest absolute Gasteiger partial charge is 0.337 e. The molecule has 3 N–H and O–H groups in total. The summed E-state index contributed by atoms with van der Waals surface area (Å²) in [6, 6.07) is 15.3. The topological polar surface area (TPSA) is 89.7 Å². The van der Waals surface area contributed by atoms with Crippen LogP contribution in [0.5, 0.6) is 0 Å². The predicted octanol–water partition coefficient (Wildman–Crippen LogP) is 5.36. The molecule has 1 fully saturated rings. The summed E-state index contributed by atoms with van der Waals surface area (Å²) in [5.41, 5.74) is 4.96. The van der Waals surface area contributed by atoms with Gasteiger partial charge in [0, 0.05) is 17.1 Å². The molecule has 0 atom stereocenters. The average Bonchev–Trinajstić information content (AvgIpc) is 3.50. The van der Waals surface area contributed by atoms with Crippen molar-refractivity contribution < 1.29 is 4.79 Å². The highest BCUT2D eigenvalue weighted by Crippen LogP contribution is 2.27. The number of rotatable bonds is 6. The number of hydrogen-bond donors (Lipinski definition) is 3. The first-order chi connectivity index (χ1) is 16.2. The molecule has 3 heterocycles. The number of aromatic amines is 2. The van der Waals surface area contributed by atoms with Crippen LogP contribution >= 0.6 is 11.6 Å². The number of H-pyrrole nitrogens is 2. The second-order valence-electron chi connectivity index (χ2n) is 8.30. The molecule has 0 unspecified atom stereocenters. The zero-order valence-corrected chi connectivity index (χ0v) is 18.9. The lowest BCUT2D eigenvalue weighted by Gasteiger charge is -2.26. The smallest absolute Gasteiger partial charge is 0.255 e. The molecule has 0 saturated carbocycles. The van der Waals surface area contributed by atoms with Gasteiger partial charge in [-0.25, -0.2) is 4.98 Å². The molecule has 1 aliphatic heterocycles. The van der Waals surface area contributed by atoms with Gasteiger partial charge in [-0.3, -0.25) is 14.8 Å². The maximum Gasteiger partial charge on any atom is 0.255 e. The van der Waals surface area contributed by atoms with E-state index in [-0.39, 0.29) is 5.91 Å². The minimum Gasteiger partial charge on any atom is -0.337 e. The Balaban J connectivity index is 1.28. The van der Waals surface area contributed by atoms with E-state index < -0.39 is 0 Å². The fraction of sp³-hybridized carbons (Fsp3) is 0.240. The van der Waals surface area contributed by atoms with Crippen molar-refractivity contribution in [1.82, 2.24) is 25.1 Å². The molecular weight excluding hydrogens is 436 g/mol. The van der Waals surface area contributed by atoms with E-state index in [1.54, 1.807) is 36.7 Å². The van der Waals surface area contributed by atoms with Crippen molar-refractivity contribution >= 4 is 23.2 Å². The molecule has 1 amide bonds. The monoisotopic (exact) mass is 460 g/mol. The molecule has 0 bridgehead atoms. The molecule has 5 rings (SSSR count). The number of likely N-dealkylation sites (tertiary alicyclic amines) is 1. The van der Waals surface area contributed by atoms with Crippen molar-refractivity contribution in [1.29, 1.82) is 0 Å². The van der Waals surface area contributed by atoms with Gasteiger partial charge in [0.15, 0.2) is 5.82 Å². The summed E-state index contributed by atoms with van der Waals surface area (Å²) in [4.78, 5) is 22.9. The Bertz CT molecular complexity index is 1220. The van der Waals surface area contributed by atoms with Crippen LogP contribution < -0.4 is 5.32 Å². The van der Waals surface area contributed by atoms with Crippen LogP contribution in [0.15, 0.2) is 60.9 Å². The first kappa shape index (κ1) is 21.4. The van der Waals surface area contributed by atoms with Gasteiger partial charge >= 0.3 is 0 Å². The molecule has 4 aromatic rings. The van der Waals surface area contributed by atoms with Gasteiger partial charge in [0.2, 0.25) is 0 Å². The third-order valence-corrected chi connectivity index (χ3v) is 6.18. The lowest BCUT2D eigenvalue weighted by molar-refractivity contribution is 0.102. The van der Waals surface area contributed by atoms with E-state index in [0.717, 1.165) is 17.8 Å². The van der Waals surface area contributed by atoms with Crippen LogP contribution in [0, 0.1) is 0 Å². The number of halogens is 1. The van der Waals surface area contributed by atoms with Crippen molar-refractivity contribution in [3.63, 3.8) is 0 Å². The average molecular weight is 461 g/mol. The van der Waals surface area contributed by atoms with Crippen molar-refractivity contribution in [3.05, 3.63) is 77.1 Å². The highest BCUT2D eigenvalue weighted by Gasteiger charge is 2.16. The molecule has 2 aromatic carbocycles. The number of carbonyl (C=O) groups is 1. The maximum atomic E-state index is 12.6. The van der Waals surface area contributed by atoms with Gasteiger partial charge in [0.25, 0.3) is 5.91 Å². The zero-order valence-electron chi connectivity index (χ0n) is 18.1. The summed E-state index contributed by atoms with van der Waals surface area (Å²) in [6.07, 6.45) is 7.30. The quantitative estimate of drug-likeness (QED) is 0.361. The number of amides is 1. The van der Waals surface area contributed by atoms with Gasteiger partial charge < -0.3 is 10.3 Å². The second-order valence-corrected chi connectivity index (χ2v) is 8.74. The third kappa shape index (κ3) is 4.99. The van der Waals surface area contributed by atoms with Crippen LogP contribution in [0.25, 0.3) is 22.8 Å². The maximum absolute atomic E-state index is 12.6. The van der Waals surface area contributed by atoms with Crippen molar-refractivity contribution in [2.45, 2.75) is 25.8 Å². The highest BCUT2D eigenvalue weighted by molar-refractivity contribution is 6.30. The Morgan fingerprint density at radius 3 is 2.52 bits per heavy atom. The number of imidazole rings is 1. The lowest BCUT2D eigenvalue weighted by atomic mass is 10.1. The number of nitrogens with one attached hydrogen (secondary N) is 3. The fourth-order valence-corrected chi connectivity index (χ4v) is 4.24. The summed E-state index contributed by atoms with van der Waals surface area (Å²) in [5, 5.41) is 10.5. The summed E-state index contributed by atoms with van der Waals surface area (Å²) in [6.45, 7) is 3.37. The summed E-state index contributed by atoms with van der Waals surface area (Å²) in [7, 11) is 0. The molecule has 33 heavy (non-hydrogen) atoms. The van der Waals surface area contributed by atoms with E-state index in [1.165, 1.54) is 37.9 Å². The second kappa shape index (κ2) is 9.60. The van der Waals surface area contributed by atoms with E-state index in [2.05, 4.69) is 54.6 Å². The number of nitrogens with zero attached hydrogens (tertiary/aromatic N) is 3. The van der Waals surface area contributed by atoms with Crippen LogP contribution in [0.1, 0.15) is 35.2 Å². The van der Waals surface area contributed by atoms with E-state index in [4.69, 9.17) is 11.6 Å². The van der Waals surface area contributed by atoms with Crippen molar-refractivity contribution in [3.8, 4) is 22.8 Å². The summed E-state index contributed by atoms with van der Waals surface area (Å²) < 4.78 is 0. The minimum absolute atomic E-state index is 0.245. The number of aromatic nitrogens is 4. The summed E-state index contributed by atoms with van der Waals surface area (Å²) >= 11 is 5.91. The number of benzene rings is 2. The van der Waals surface area contributed by atoms with E-state index in [9.17, 15) is 4.79 Å². The fourth-order valence-electron chi connectivity index (χ4n) is 4.12. The molecule has 1 aliphatic rings. The SMILES string of the molecule is O=C(Nc1cn[nH]c1-c1ncc(-c2ccc(CN3CCCCC3)cc2)[nH]1)c1ccc(Cl)cc1. The zero-order chi connectivity index (χ0) is 22.6. The van der Waals surface area contributed by atoms with Gasteiger partial charge in [-0.05, 0) is 61.3 Å². The van der Waals surface area contributed by atoms with Gasteiger partial charge in [0.05, 0.1) is 23.8 Å². The Labute approximate surface area is 197 Å². The van der Waals surface area contributed by atoms with E-state index in [1.807, 2.05) is 0 Å². The molecule has 0 spiro atoms. The van der Waals surface area contributed by atoms with Crippen LogP contribution in [-0.2, 0) is 6.54 Å². The molecule has 7 nitrogen and oxygen atoms in total. The number of carbonyl (C=O) groups excluding carboxylic acids is 1. The van der Waals surface area contributed by atoms with Crippen LogP contribution in [0.2, 0.25) is 5.02 Å². The first-order valence-electron chi connectivity index (χ1n) is 11.1. The predicted molar refractivity (Wildman–Crippen MR) is 130 cm³/mol. The first-order valence-corrected chi connectivity index (χ1v) is 11.5. The molecule has 2 aromatic heterocycles. The molecule has 168 valence electrons. The Hall–Kier alpha value is -3.42. The molecule has 0 radical (unpaired) electrons. The normalized spacial score (nSPS) is 14.3. The minimum atomic E-state index is -0.245. The molecular formula is C25H25ClN6O. The van der Waals surface area contributed by atoms with E-state index >= 15 is 0 Å². The Morgan fingerprint density at radius 1 is 1.00 bits per heavy atom. The summed E-state index contributed by atoms with van der Waals surface area (Å²) in [5.74, 6) is 0.358. The van der Waals surface area contributed by atoms with E-state index in [0.29, 0.717) is 27.8 Å². The van der Waals surface area contributed by atoms with Gasteiger partial charge in [-0.2, -0.15) is 5.10 Å². The van der Waals surface area contributed by atoms with Crippen LogP contribution in [0.3, 0.4) is 0 Å².